The zero-order chi connectivity index (χ0) is 24.2. The Balaban J connectivity index is 1.32. The first-order valence-electron chi connectivity index (χ1n) is 12.0. The maximum Gasteiger partial charge on any atom is 0.256 e. The topological polar surface area (TPSA) is 106 Å². The lowest BCUT2D eigenvalue weighted by molar-refractivity contribution is -0.165. The van der Waals surface area contributed by atoms with Crippen molar-refractivity contribution < 1.29 is 13.5 Å². The number of hydrogen-bond donors (Lipinski definition) is 3. The van der Waals surface area contributed by atoms with Gasteiger partial charge in [-0.3, -0.25) is 0 Å². The molecule has 1 saturated heterocycles. The van der Waals surface area contributed by atoms with Crippen LogP contribution in [0.25, 0.3) is 33.5 Å². The van der Waals surface area contributed by atoms with Gasteiger partial charge in [-0.15, -0.1) is 0 Å². The maximum atomic E-state index is 13.1. The summed E-state index contributed by atoms with van der Waals surface area (Å²) in [5.41, 5.74) is 3.25. The molecule has 2 aliphatic rings. The number of halogens is 2. The third kappa shape index (κ3) is 3.87. The summed E-state index contributed by atoms with van der Waals surface area (Å²) in [6.45, 7) is 2.15. The smallest absolute Gasteiger partial charge is 0.256 e. The van der Waals surface area contributed by atoms with E-state index in [-0.39, 0.29) is 5.60 Å². The zero-order valence-electron chi connectivity index (χ0n) is 19.7. The zero-order valence-corrected chi connectivity index (χ0v) is 19.7. The van der Waals surface area contributed by atoms with Crippen molar-refractivity contribution in [3.05, 3.63) is 24.2 Å². The number of nitrogens with one attached hydrogen (secondary N) is 3. The Morgan fingerprint density at radius 2 is 1.97 bits per heavy atom. The van der Waals surface area contributed by atoms with Gasteiger partial charge in [0.15, 0.2) is 5.65 Å². The summed E-state index contributed by atoms with van der Waals surface area (Å²) in [7, 11) is 1.82. The molecule has 184 valence electrons. The first-order chi connectivity index (χ1) is 16.9. The number of imidazole rings is 1. The fourth-order valence-corrected chi connectivity index (χ4v) is 5.36. The number of nitrogens with zero attached hydrogens (tertiary/aromatic N) is 5. The van der Waals surface area contributed by atoms with E-state index in [1.807, 2.05) is 25.4 Å². The Kier molecular flexibility index (Phi) is 5.32. The van der Waals surface area contributed by atoms with Crippen molar-refractivity contribution in [3.8, 4) is 11.3 Å². The van der Waals surface area contributed by atoms with Crippen molar-refractivity contribution in [3.63, 3.8) is 0 Å². The standard InChI is InChI=1S/C24H28F2N8O/c1-13-29-17-4-3-16(31-22(17)34(13)12-18(25)26)15-11-28-21-19(15)20(27-2)32-23(33-21)30-14-5-7-24(8-6-14)9-10-35-24/h3-4,11,14,18H,5-10,12H2,1-2H3,(H3,27,28,30,32,33). The van der Waals surface area contributed by atoms with Gasteiger partial charge in [0.1, 0.15) is 22.8 Å². The van der Waals surface area contributed by atoms with Crippen LogP contribution in [0.4, 0.5) is 20.5 Å². The number of H-pyrrole nitrogens is 1. The van der Waals surface area contributed by atoms with Crippen molar-refractivity contribution in [2.24, 2.45) is 0 Å². The van der Waals surface area contributed by atoms with Crippen molar-refractivity contribution in [1.82, 2.24) is 29.5 Å². The minimum Gasteiger partial charge on any atom is -0.375 e. The molecular weight excluding hydrogens is 454 g/mol. The highest BCUT2D eigenvalue weighted by Crippen LogP contribution is 2.41. The predicted octanol–water partition coefficient (Wildman–Crippen LogP) is 4.50. The van der Waals surface area contributed by atoms with Gasteiger partial charge in [0.2, 0.25) is 5.95 Å². The number of aromatic amines is 1. The van der Waals surface area contributed by atoms with Crippen LogP contribution in [0.3, 0.4) is 0 Å². The second kappa shape index (κ2) is 8.40. The van der Waals surface area contributed by atoms with Crippen LogP contribution in [-0.2, 0) is 11.3 Å². The molecule has 1 saturated carbocycles. The first kappa shape index (κ1) is 22.1. The van der Waals surface area contributed by atoms with Crippen LogP contribution >= 0.6 is 0 Å². The number of fused-ring (bicyclic) bond motifs is 2. The second-order valence-electron chi connectivity index (χ2n) is 9.47. The van der Waals surface area contributed by atoms with Gasteiger partial charge >= 0.3 is 0 Å². The van der Waals surface area contributed by atoms with E-state index in [2.05, 4.69) is 20.6 Å². The van der Waals surface area contributed by atoms with E-state index >= 15 is 0 Å². The number of rotatable bonds is 6. The third-order valence-corrected chi connectivity index (χ3v) is 7.34. The highest BCUT2D eigenvalue weighted by molar-refractivity contribution is 6.01. The van der Waals surface area contributed by atoms with Gasteiger partial charge in [-0.2, -0.15) is 9.97 Å². The Morgan fingerprint density at radius 1 is 1.17 bits per heavy atom. The molecule has 1 aliphatic heterocycles. The SMILES string of the molecule is CNc1nc(NC2CCC3(CCO3)CC2)nc2[nH]cc(-c3ccc4nc(C)n(CC(F)F)c4n3)c12. The Hall–Kier alpha value is -3.34. The van der Waals surface area contributed by atoms with Crippen LogP contribution in [0.5, 0.6) is 0 Å². The summed E-state index contributed by atoms with van der Waals surface area (Å²) in [5.74, 6) is 1.75. The summed E-state index contributed by atoms with van der Waals surface area (Å²) in [4.78, 5) is 21.8. The van der Waals surface area contributed by atoms with E-state index in [0.717, 1.165) is 43.2 Å². The maximum absolute atomic E-state index is 13.1. The molecule has 0 amide bonds. The van der Waals surface area contributed by atoms with Gasteiger partial charge in [0.05, 0.1) is 29.8 Å². The lowest BCUT2D eigenvalue weighted by Crippen LogP contribution is -2.48. The molecule has 11 heteroatoms. The average molecular weight is 483 g/mol. The quantitative estimate of drug-likeness (QED) is 0.372. The van der Waals surface area contributed by atoms with Gasteiger partial charge in [-0.25, -0.2) is 18.7 Å². The normalized spacial score (nSPS) is 22.3. The van der Waals surface area contributed by atoms with E-state index in [1.54, 1.807) is 6.92 Å². The molecule has 35 heavy (non-hydrogen) atoms. The molecule has 0 unspecified atom stereocenters. The lowest BCUT2D eigenvalue weighted by atomic mass is 9.77. The van der Waals surface area contributed by atoms with Crippen LogP contribution in [0.15, 0.2) is 18.3 Å². The van der Waals surface area contributed by atoms with Crippen molar-refractivity contribution in [2.45, 2.75) is 63.6 Å². The van der Waals surface area contributed by atoms with Gasteiger partial charge < -0.3 is 24.9 Å². The van der Waals surface area contributed by atoms with Crippen LogP contribution in [0.1, 0.15) is 37.9 Å². The van der Waals surface area contributed by atoms with Crippen molar-refractivity contribution in [1.29, 1.82) is 0 Å². The molecule has 4 aromatic heterocycles. The molecule has 9 nitrogen and oxygen atoms in total. The number of ether oxygens (including phenoxy) is 1. The molecular formula is C24H28F2N8O. The molecule has 0 bridgehead atoms. The number of pyridine rings is 1. The van der Waals surface area contributed by atoms with Crippen molar-refractivity contribution in [2.75, 3.05) is 24.3 Å². The molecule has 2 fully saturated rings. The van der Waals surface area contributed by atoms with Crippen molar-refractivity contribution >= 4 is 34.0 Å². The summed E-state index contributed by atoms with van der Waals surface area (Å²) in [6.07, 6.45) is 4.69. The lowest BCUT2D eigenvalue weighted by Gasteiger charge is -2.46. The molecule has 5 heterocycles. The largest absolute Gasteiger partial charge is 0.375 e. The van der Waals surface area contributed by atoms with E-state index in [0.29, 0.717) is 46.1 Å². The molecule has 1 spiro atoms. The molecule has 6 rings (SSSR count). The molecule has 0 atom stereocenters. The Morgan fingerprint density at radius 3 is 2.66 bits per heavy atom. The molecule has 0 aromatic carbocycles. The van der Waals surface area contributed by atoms with E-state index in [4.69, 9.17) is 19.7 Å². The third-order valence-electron chi connectivity index (χ3n) is 7.34. The van der Waals surface area contributed by atoms with Crippen LogP contribution in [-0.4, -0.2) is 61.2 Å². The number of aromatic nitrogens is 6. The monoisotopic (exact) mass is 482 g/mol. The number of aryl methyl sites for hydroxylation is 1. The van der Waals surface area contributed by atoms with Crippen LogP contribution < -0.4 is 10.6 Å². The van der Waals surface area contributed by atoms with E-state index < -0.39 is 13.0 Å². The number of hydrogen-bond acceptors (Lipinski definition) is 7. The summed E-state index contributed by atoms with van der Waals surface area (Å²) in [5, 5.41) is 7.48. The minimum atomic E-state index is -2.49. The van der Waals surface area contributed by atoms with Gasteiger partial charge in [-0.05, 0) is 51.2 Å². The van der Waals surface area contributed by atoms with E-state index in [9.17, 15) is 8.78 Å². The number of alkyl halides is 2. The molecule has 0 radical (unpaired) electrons. The number of anilines is 2. The first-order valence-corrected chi connectivity index (χ1v) is 12.0. The Bertz CT molecular complexity index is 1380. The summed E-state index contributed by atoms with van der Waals surface area (Å²) in [6, 6.07) is 3.96. The summed E-state index contributed by atoms with van der Waals surface area (Å²) < 4.78 is 33.6. The van der Waals surface area contributed by atoms with Crippen LogP contribution in [0.2, 0.25) is 0 Å². The predicted molar refractivity (Wildman–Crippen MR) is 130 cm³/mol. The highest BCUT2D eigenvalue weighted by Gasteiger charge is 2.41. The minimum absolute atomic E-state index is 0.116. The van der Waals surface area contributed by atoms with Crippen LogP contribution in [0, 0.1) is 6.92 Å². The van der Waals surface area contributed by atoms with E-state index in [1.165, 1.54) is 11.0 Å². The second-order valence-corrected chi connectivity index (χ2v) is 9.47. The molecule has 3 N–H and O–H groups in total. The average Bonchev–Trinajstić information content (AvgIpc) is 3.38. The fourth-order valence-electron chi connectivity index (χ4n) is 5.36. The van der Waals surface area contributed by atoms with Gasteiger partial charge in [0.25, 0.3) is 6.43 Å². The molecule has 1 aliphatic carbocycles. The van der Waals surface area contributed by atoms with Gasteiger partial charge in [0, 0.05) is 24.8 Å². The highest BCUT2D eigenvalue weighted by atomic mass is 19.3. The summed E-state index contributed by atoms with van der Waals surface area (Å²) >= 11 is 0. The Labute approximate surface area is 200 Å². The fraction of sp³-hybridized carbons (Fsp3) is 0.500. The molecule has 4 aromatic rings. The van der Waals surface area contributed by atoms with Gasteiger partial charge in [-0.1, -0.05) is 0 Å².